The van der Waals surface area contributed by atoms with Crippen molar-refractivity contribution in [1.82, 2.24) is 0 Å². The molecule has 0 bridgehead atoms. The summed E-state index contributed by atoms with van der Waals surface area (Å²) in [6.45, 7) is 4.87. The van der Waals surface area contributed by atoms with E-state index >= 15 is 0 Å². The van der Waals surface area contributed by atoms with Gasteiger partial charge < -0.3 is 4.74 Å². The Bertz CT molecular complexity index is 767. The minimum atomic E-state index is 0.0991. The second-order valence-electron chi connectivity index (χ2n) is 10.3. The molecule has 3 saturated carbocycles. The summed E-state index contributed by atoms with van der Waals surface area (Å²) in [5, 5.41) is 0. The van der Waals surface area contributed by atoms with Crippen molar-refractivity contribution in [3.63, 3.8) is 0 Å². The van der Waals surface area contributed by atoms with Crippen LogP contribution < -0.4 is 4.74 Å². The van der Waals surface area contributed by atoms with E-state index in [4.69, 9.17) is 11.2 Å². The molecule has 27 heavy (non-hydrogen) atoms. The summed E-state index contributed by atoms with van der Waals surface area (Å²) in [6.07, 6.45) is 19.3. The lowest BCUT2D eigenvalue weighted by molar-refractivity contribution is 0.00888. The summed E-state index contributed by atoms with van der Waals surface area (Å²) in [5.41, 5.74) is 3.63. The van der Waals surface area contributed by atoms with Crippen LogP contribution in [-0.2, 0) is 6.42 Å². The monoisotopic (exact) mass is 362 g/mol. The van der Waals surface area contributed by atoms with Crippen LogP contribution in [0.2, 0.25) is 0 Å². The molecular formula is C26H34O. The van der Waals surface area contributed by atoms with Crippen LogP contribution in [0.15, 0.2) is 18.2 Å². The Labute approximate surface area is 165 Å². The zero-order valence-corrected chi connectivity index (χ0v) is 17.1. The summed E-state index contributed by atoms with van der Waals surface area (Å²) in [4.78, 5) is 0. The van der Waals surface area contributed by atoms with Crippen molar-refractivity contribution in [3.8, 4) is 18.1 Å². The highest BCUT2D eigenvalue weighted by Crippen LogP contribution is 2.67. The average Bonchev–Trinajstić information content (AvgIpc) is 3.28. The zero-order chi connectivity index (χ0) is 18.6. The van der Waals surface area contributed by atoms with E-state index in [1.165, 1.54) is 64.2 Å². The van der Waals surface area contributed by atoms with Crippen molar-refractivity contribution in [1.29, 1.82) is 0 Å². The number of aryl methyl sites for hydroxylation is 1. The summed E-state index contributed by atoms with van der Waals surface area (Å²) in [5.74, 6) is 6.71. The molecule has 1 unspecified atom stereocenters. The number of fused-ring (bicyclic) bond motifs is 5. The number of benzene rings is 1. The summed E-state index contributed by atoms with van der Waals surface area (Å²) < 4.78 is 6.28. The fraction of sp³-hybridized carbons (Fsp3) is 0.692. The molecule has 1 aromatic carbocycles. The molecule has 1 aromatic rings. The quantitative estimate of drug-likeness (QED) is 0.545. The van der Waals surface area contributed by atoms with E-state index in [2.05, 4.69) is 38.0 Å². The van der Waals surface area contributed by atoms with Gasteiger partial charge in [0.05, 0.1) is 6.10 Å². The van der Waals surface area contributed by atoms with E-state index < -0.39 is 0 Å². The standard InChI is InChI=1S/C26H34O/c1-4-25(2)15-14-24-23-11-9-18-17-20(27-19-7-5-6-8-19)10-12-21(18)22(23)13-16-26(24,25)3/h1,10,12,17,19,22-24H,5-9,11,13-16H2,2-3H3/t22-,23-,24+,25?,26+/m1/s1. The normalized spacial score (nSPS) is 40.7. The largest absolute Gasteiger partial charge is 0.490 e. The first kappa shape index (κ1) is 17.7. The van der Waals surface area contributed by atoms with Crippen LogP contribution in [0.5, 0.6) is 5.75 Å². The number of rotatable bonds is 2. The fourth-order valence-electron chi connectivity index (χ4n) is 7.34. The molecule has 0 aliphatic heterocycles. The van der Waals surface area contributed by atoms with E-state index in [1.54, 1.807) is 11.1 Å². The molecule has 1 nitrogen and oxygen atoms in total. The SMILES string of the molecule is C#CC1(C)CC[C@H]2[C@@H]3CCc4cc(OC5CCCC5)ccc4[C@H]3CC[C@@]21C. The highest BCUT2D eigenvalue weighted by Gasteiger charge is 2.59. The lowest BCUT2D eigenvalue weighted by Gasteiger charge is -2.53. The smallest absolute Gasteiger partial charge is 0.120 e. The first-order valence-electron chi connectivity index (χ1n) is 11.3. The van der Waals surface area contributed by atoms with Crippen molar-refractivity contribution >= 4 is 0 Å². The van der Waals surface area contributed by atoms with Gasteiger partial charge in [-0.25, -0.2) is 0 Å². The highest BCUT2D eigenvalue weighted by molar-refractivity contribution is 5.41. The van der Waals surface area contributed by atoms with Crippen molar-refractivity contribution < 1.29 is 4.74 Å². The van der Waals surface area contributed by atoms with Gasteiger partial charge >= 0.3 is 0 Å². The van der Waals surface area contributed by atoms with E-state index in [9.17, 15) is 0 Å². The maximum absolute atomic E-state index is 6.28. The first-order valence-corrected chi connectivity index (χ1v) is 11.3. The predicted molar refractivity (Wildman–Crippen MR) is 111 cm³/mol. The molecule has 0 aromatic heterocycles. The average molecular weight is 363 g/mol. The molecule has 0 N–H and O–H groups in total. The third-order valence-electron chi connectivity index (χ3n) is 9.23. The zero-order valence-electron chi connectivity index (χ0n) is 17.1. The molecule has 5 atom stereocenters. The molecular weight excluding hydrogens is 328 g/mol. The molecule has 5 rings (SSSR count). The van der Waals surface area contributed by atoms with Gasteiger partial charge in [-0.1, -0.05) is 18.9 Å². The van der Waals surface area contributed by atoms with Crippen molar-refractivity contribution in [3.05, 3.63) is 29.3 Å². The topological polar surface area (TPSA) is 9.23 Å². The maximum atomic E-state index is 6.28. The molecule has 4 aliphatic rings. The number of hydrogen-bond acceptors (Lipinski definition) is 1. The van der Waals surface area contributed by atoms with Gasteiger partial charge in [0.15, 0.2) is 0 Å². The van der Waals surface area contributed by atoms with Crippen LogP contribution in [0.25, 0.3) is 0 Å². The van der Waals surface area contributed by atoms with Gasteiger partial charge in [0.25, 0.3) is 0 Å². The number of hydrogen-bond donors (Lipinski definition) is 0. The minimum absolute atomic E-state index is 0.0991. The van der Waals surface area contributed by atoms with Crippen LogP contribution in [-0.4, -0.2) is 6.10 Å². The minimum Gasteiger partial charge on any atom is -0.490 e. The van der Waals surface area contributed by atoms with Crippen LogP contribution in [0, 0.1) is 35.0 Å². The van der Waals surface area contributed by atoms with E-state index in [1.807, 2.05) is 0 Å². The Hall–Kier alpha value is -1.42. The van der Waals surface area contributed by atoms with Crippen LogP contribution in [0.1, 0.15) is 88.7 Å². The summed E-state index contributed by atoms with van der Waals surface area (Å²) >= 11 is 0. The molecule has 144 valence electrons. The Kier molecular flexibility index (Phi) is 4.12. The van der Waals surface area contributed by atoms with Crippen LogP contribution >= 0.6 is 0 Å². The van der Waals surface area contributed by atoms with Gasteiger partial charge in [-0.2, -0.15) is 0 Å². The van der Waals surface area contributed by atoms with E-state index in [0.29, 0.717) is 11.5 Å². The van der Waals surface area contributed by atoms with E-state index in [0.717, 1.165) is 23.5 Å². The van der Waals surface area contributed by atoms with Gasteiger partial charge in [-0.3, -0.25) is 0 Å². The van der Waals surface area contributed by atoms with Gasteiger partial charge in [-0.15, -0.1) is 6.42 Å². The molecule has 3 fully saturated rings. The predicted octanol–water partition coefficient (Wildman–Crippen LogP) is 6.50. The lowest BCUT2D eigenvalue weighted by Crippen LogP contribution is -2.45. The van der Waals surface area contributed by atoms with Crippen LogP contribution in [0.3, 0.4) is 0 Å². The van der Waals surface area contributed by atoms with Crippen molar-refractivity contribution in [2.45, 2.75) is 90.1 Å². The second kappa shape index (κ2) is 6.30. The Balaban J connectivity index is 1.40. The fourth-order valence-corrected chi connectivity index (χ4v) is 7.34. The lowest BCUT2D eigenvalue weighted by atomic mass is 9.51. The highest BCUT2D eigenvalue weighted by atomic mass is 16.5. The number of terminal acetylenes is 1. The molecule has 4 aliphatic carbocycles. The second-order valence-corrected chi connectivity index (χ2v) is 10.3. The maximum Gasteiger partial charge on any atom is 0.120 e. The van der Waals surface area contributed by atoms with Crippen molar-refractivity contribution in [2.75, 3.05) is 0 Å². The molecule has 0 radical (unpaired) electrons. The Morgan fingerprint density at radius 2 is 1.85 bits per heavy atom. The Morgan fingerprint density at radius 3 is 2.63 bits per heavy atom. The third-order valence-corrected chi connectivity index (χ3v) is 9.23. The molecule has 1 heteroatoms. The summed E-state index contributed by atoms with van der Waals surface area (Å²) in [6, 6.07) is 7.04. The third kappa shape index (κ3) is 2.59. The molecule has 0 amide bonds. The van der Waals surface area contributed by atoms with Gasteiger partial charge in [-0.05, 0) is 118 Å². The van der Waals surface area contributed by atoms with Crippen molar-refractivity contribution in [2.24, 2.45) is 22.7 Å². The van der Waals surface area contributed by atoms with Gasteiger partial charge in [0, 0.05) is 5.41 Å². The molecule has 0 spiro atoms. The van der Waals surface area contributed by atoms with Gasteiger partial charge in [0.2, 0.25) is 0 Å². The van der Waals surface area contributed by atoms with E-state index in [-0.39, 0.29) is 5.41 Å². The first-order chi connectivity index (χ1) is 13.0. The van der Waals surface area contributed by atoms with Crippen LogP contribution in [0.4, 0.5) is 0 Å². The molecule has 0 heterocycles. The Morgan fingerprint density at radius 1 is 1.04 bits per heavy atom. The number of ether oxygens (including phenoxy) is 1. The molecule has 0 saturated heterocycles. The summed E-state index contributed by atoms with van der Waals surface area (Å²) in [7, 11) is 0. The van der Waals surface area contributed by atoms with Gasteiger partial charge in [0.1, 0.15) is 5.75 Å².